The zero-order valence-corrected chi connectivity index (χ0v) is 38.2. The number of carbonyl (C=O) groups excluding carboxylic acids is 1. The molecular formula is C49H60IrNO3S-. The van der Waals surface area contributed by atoms with E-state index in [9.17, 15) is 9.90 Å². The summed E-state index contributed by atoms with van der Waals surface area (Å²) in [6.07, 6.45) is 7.69. The minimum absolute atomic E-state index is 0. The largest absolute Gasteiger partial charge is 0.512 e. The van der Waals surface area contributed by atoms with Crippen molar-refractivity contribution in [2.24, 2.45) is 16.7 Å². The molecule has 3 aromatic carbocycles. The molecule has 0 atom stereocenters. The van der Waals surface area contributed by atoms with Crippen LogP contribution in [-0.2, 0) is 36.7 Å². The van der Waals surface area contributed by atoms with Crippen LogP contribution in [0.1, 0.15) is 119 Å². The number of furan rings is 1. The van der Waals surface area contributed by atoms with E-state index in [1.807, 2.05) is 47.8 Å². The van der Waals surface area contributed by atoms with Crippen molar-refractivity contribution >= 4 is 49.1 Å². The molecule has 4 nitrogen and oxygen atoms in total. The number of aliphatic hydroxyl groups is 1. The van der Waals surface area contributed by atoms with Crippen molar-refractivity contribution in [3.8, 4) is 22.4 Å². The molecule has 3 aromatic heterocycles. The molecule has 0 unspecified atom stereocenters. The van der Waals surface area contributed by atoms with Crippen LogP contribution in [0.5, 0.6) is 0 Å². The number of fused-ring (bicyclic) bond motifs is 3. The number of benzene rings is 3. The van der Waals surface area contributed by atoms with Crippen LogP contribution in [0.2, 0.25) is 0 Å². The number of aryl methyl sites for hydroxylation is 1. The van der Waals surface area contributed by atoms with Gasteiger partial charge in [-0.2, -0.15) is 0 Å². The van der Waals surface area contributed by atoms with E-state index in [1.54, 1.807) is 11.3 Å². The summed E-state index contributed by atoms with van der Waals surface area (Å²) in [5.41, 5.74) is 8.65. The van der Waals surface area contributed by atoms with E-state index in [-0.39, 0.29) is 47.9 Å². The molecule has 3 heterocycles. The number of aliphatic hydroxyl groups excluding tert-OH is 1. The van der Waals surface area contributed by atoms with E-state index < -0.39 is 0 Å². The molecule has 0 aliphatic carbocycles. The quantitative estimate of drug-likeness (QED) is 0.0799. The molecular weight excluding hydrogens is 875 g/mol. The van der Waals surface area contributed by atoms with Gasteiger partial charge >= 0.3 is 0 Å². The summed E-state index contributed by atoms with van der Waals surface area (Å²) in [4.78, 5) is 18.4. The van der Waals surface area contributed by atoms with E-state index in [1.165, 1.54) is 50.1 Å². The molecule has 295 valence electrons. The van der Waals surface area contributed by atoms with Crippen LogP contribution in [0.3, 0.4) is 0 Å². The Morgan fingerprint density at radius 3 is 2.18 bits per heavy atom. The second kappa shape index (κ2) is 17.7. The summed E-state index contributed by atoms with van der Waals surface area (Å²) in [6, 6.07) is 23.4. The van der Waals surface area contributed by atoms with Gasteiger partial charge in [-0.15, -0.1) is 40.5 Å². The van der Waals surface area contributed by atoms with Crippen molar-refractivity contribution in [2.75, 3.05) is 0 Å². The van der Waals surface area contributed by atoms with Crippen LogP contribution in [0, 0.1) is 29.7 Å². The molecule has 1 N–H and O–H groups in total. The Morgan fingerprint density at radius 2 is 1.56 bits per heavy atom. The molecule has 0 fully saturated rings. The Hall–Kier alpha value is -3.57. The molecule has 6 heteroatoms. The Bertz CT molecular complexity index is 2290. The standard InChI is InChI=1S/C34H32NOS.C15H28O2.Ir/c1-20(2)13-25-18-36-31-12-11-23(15-27(25)31)28-17-30(35-33-32(28)21(3)19-37-33)24-14-22-9-7-8-10-26(22)29(16-24)34(4,5)6;1-7-14(5,8-2)12(16)11-13(17)15(6,9-3)10-4;/h7-12,15-20H,13H2,1-6H3;11,16H,7-10H2,1-6H3;/q-1;;/b;12-11-;. The Labute approximate surface area is 347 Å². The normalized spacial score (nSPS) is 12.6. The molecule has 55 heavy (non-hydrogen) atoms. The van der Waals surface area contributed by atoms with Crippen molar-refractivity contribution in [1.82, 2.24) is 4.98 Å². The number of thiophene rings is 1. The molecule has 1 radical (unpaired) electrons. The van der Waals surface area contributed by atoms with Gasteiger partial charge in [0.25, 0.3) is 0 Å². The fourth-order valence-electron chi connectivity index (χ4n) is 7.08. The molecule has 0 aliphatic rings. The monoisotopic (exact) mass is 935 g/mol. The maximum atomic E-state index is 12.2. The summed E-state index contributed by atoms with van der Waals surface area (Å²) in [6.45, 7) is 25.6. The number of nitrogens with zero attached hydrogens (tertiary/aromatic N) is 1. The van der Waals surface area contributed by atoms with E-state index >= 15 is 0 Å². The smallest absolute Gasteiger partial charge is 0.164 e. The number of rotatable bonds is 11. The average molecular weight is 935 g/mol. The molecule has 0 saturated heterocycles. The van der Waals surface area contributed by atoms with Gasteiger partial charge in [0, 0.05) is 53.5 Å². The third-order valence-electron chi connectivity index (χ3n) is 11.8. The number of allylic oxidation sites excluding steroid dienone is 2. The first kappa shape index (κ1) is 44.1. The van der Waals surface area contributed by atoms with E-state index in [0.717, 1.165) is 59.2 Å². The summed E-state index contributed by atoms with van der Waals surface area (Å²) >= 11 is 1.72. The van der Waals surface area contributed by atoms with Crippen LogP contribution in [-0.4, -0.2) is 15.9 Å². The number of hydrogen-bond donors (Lipinski definition) is 1. The third kappa shape index (κ3) is 9.36. The first-order valence-corrected chi connectivity index (χ1v) is 20.7. The van der Waals surface area contributed by atoms with E-state index in [2.05, 4.69) is 108 Å². The second-order valence-electron chi connectivity index (χ2n) is 17.0. The van der Waals surface area contributed by atoms with Gasteiger partial charge in [0.1, 0.15) is 16.2 Å². The molecule has 6 aromatic rings. The van der Waals surface area contributed by atoms with Gasteiger partial charge in [-0.25, -0.2) is 0 Å². The zero-order chi connectivity index (χ0) is 39.6. The topological polar surface area (TPSA) is 63.3 Å². The van der Waals surface area contributed by atoms with Gasteiger partial charge < -0.3 is 9.52 Å². The predicted octanol–water partition coefficient (Wildman–Crippen LogP) is 14.8. The Balaban J connectivity index is 0.000000320. The number of carbonyl (C=O) groups is 1. The first-order valence-electron chi connectivity index (χ1n) is 19.8. The Morgan fingerprint density at radius 1 is 0.909 bits per heavy atom. The van der Waals surface area contributed by atoms with Crippen LogP contribution in [0.15, 0.2) is 82.5 Å². The predicted molar refractivity (Wildman–Crippen MR) is 232 cm³/mol. The number of aromatic nitrogens is 1. The van der Waals surface area contributed by atoms with E-state index in [0.29, 0.717) is 5.92 Å². The maximum Gasteiger partial charge on any atom is 0.164 e. The summed E-state index contributed by atoms with van der Waals surface area (Å²) in [5, 5.41) is 17.2. The van der Waals surface area contributed by atoms with Crippen molar-refractivity contribution in [3.63, 3.8) is 0 Å². The number of hydrogen-bond acceptors (Lipinski definition) is 5. The molecule has 0 amide bonds. The molecule has 0 spiro atoms. The van der Waals surface area contributed by atoms with Crippen molar-refractivity contribution in [2.45, 2.75) is 121 Å². The fourth-order valence-corrected chi connectivity index (χ4v) is 8.02. The molecule has 0 saturated carbocycles. The fraction of sp³-hybridized carbons (Fsp3) is 0.429. The Kier molecular flexibility index (Phi) is 14.2. The number of pyridine rings is 1. The third-order valence-corrected chi connectivity index (χ3v) is 12.8. The average Bonchev–Trinajstić information content (AvgIpc) is 3.74. The van der Waals surface area contributed by atoms with Crippen molar-refractivity contribution < 1.29 is 34.4 Å². The van der Waals surface area contributed by atoms with Crippen LogP contribution >= 0.6 is 11.3 Å². The van der Waals surface area contributed by atoms with Gasteiger partial charge in [0.2, 0.25) is 0 Å². The first-order chi connectivity index (χ1) is 25.5. The van der Waals surface area contributed by atoms with Gasteiger partial charge in [-0.1, -0.05) is 117 Å². The van der Waals surface area contributed by atoms with Gasteiger partial charge in [-0.3, -0.25) is 9.78 Å². The van der Waals surface area contributed by atoms with E-state index in [4.69, 9.17) is 9.40 Å². The van der Waals surface area contributed by atoms with Crippen molar-refractivity contribution in [3.05, 3.63) is 101 Å². The molecule has 0 bridgehead atoms. The summed E-state index contributed by atoms with van der Waals surface area (Å²) in [7, 11) is 0. The minimum Gasteiger partial charge on any atom is -0.512 e. The molecule has 0 aliphatic heterocycles. The summed E-state index contributed by atoms with van der Waals surface area (Å²) < 4.78 is 5.90. The maximum absolute atomic E-state index is 12.2. The van der Waals surface area contributed by atoms with Crippen molar-refractivity contribution in [1.29, 1.82) is 0 Å². The van der Waals surface area contributed by atoms with Crippen LogP contribution in [0.4, 0.5) is 0 Å². The zero-order valence-electron chi connectivity index (χ0n) is 35.0. The number of ketones is 1. The van der Waals surface area contributed by atoms with Gasteiger partial charge in [0.05, 0.1) is 6.26 Å². The van der Waals surface area contributed by atoms with Crippen LogP contribution < -0.4 is 0 Å². The van der Waals surface area contributed by atoms with Gasteiger partial charge in [-0.05, 0) is 90.1 Å². The summed E-state index contributed by atoms with van der Waals surface area (Å²) in [5.74, 6) is 0.858. The second-order valence-corrected chi connectivity index (χ2v) is 17.9. The SMILES string of the molecule is CCC(C)(CC)C(=O)/C=C(\O)C(C)(CC)CC.Cc1csc2nc(-c3[c-]c4ccccc4c(C(C)(C)C)c3)cc(-c3ccc4occ(CC(C)C)c4c3)c12.[Ir]. The minimum atomic E-state index is -0.337. The van der Waals surface area contributed by atoms with Gasteiger partial charge in [0.15, 0.2) is 5.78 Å². The molecule has 6 rings (SSSR count). The van der Waals surface area contributed by atoms with Crippen LogP contribution in [0.25, 0.3) is 54.3 Å².